The summed E-state index contributed by atoms with van der Waals surface area (Å²) in [6.07, 6.45) is 1.73. The van der Waals surface area contributed by atoms with Gasteiger partial charge in [-0.05, 0) is 43.5 Å². The lowest BCUT2D eigenvalue weighted by atomic mass is 10.1. The van der Waals surface area contributed by atoms with E-state index in [9.17, 15) is 9.18 Å². The molecule has 3 aromatic rings. The number of anilines is 2. The summed E-state index contributed by atoms with van der Waals surface area (Å²) < 4.78 is 13.8. The number of amides is 1. The van der Waals surface area contributed by atoms with E-state index in [2.05, 4.69) is 32.7 Å². The third kappa shape index (κ3) is 5.34. The van der Waals surface area contributed by atoms with Crippen LogP contribution in [0.4, 0.5) is 16.0 Å². The molecule has 0 spiro atoms. The largest absolute Gasteiger partial charge is 0.351 e. The number of para-hydroxylation sites is 1. The minimum Gasteiger partial charge on any atom is -0.351 e. The lowest BCUT2D eigenvalue weighted by molar-refractivity contribution is 0.0948. The van der Waals surface area contributed by atoms with E-state index in [1.165, 1.54) is 11.6 Å². The number of nitrogens with zero attached hydrogens (tertiary/aromatic N) is 2. The average Bonchev–Trinajstić information content (AvgIpc) is 2.67. The zero-order chi connectivity index (χ0) is 19.1. The van der Waals surface area contributed by atoms with Gasteiger partial charge in [0, 0.05) is 12.2 Å². The Hall–Kier alpha value is -3.28. The van der Waals surface area contributed by atoms with Crippen molar-refractivity contribution in [3.63, 3.8) is 0 Å². The van der Waals surface area contributed by atoms with Crippen molar-refractivity contribution < 1.29 is 9.18 Å². The van der Waals surface area contributed by atoms with Crippen LogP contribution in [0.15, 0.2) is 60.7 Å². The van der Waals surface area contributed by atoms with Gasteiger partial charge in [0.1, 0.15) is 11.5 Å². The molecule has 2 N–H and O–H groups in total. The van der Waals surface area contributed by atoms with Crippen molar-refractivity contribution in [2.45, 2.75) is 19.8 Å². The number of aryl methyl sites for hydroxylation is 2. The van der Waals surface area contributed by atoms with E-state index < -0.39 is 5.82 Å². The number of benzene rings is 2. The van der Waals surface area contributed by atoms with E-state index in [0.717, 1.165) is 12.8 Å². The normalized spacial score (nSPS) is 10.4. The molecule has 0 saturated heterocycles. The van der Waals surface area contributed by atoms with Crippen LogP contribution >= 0.6 is 0 Å². The molecule has 1 amide bonds. The van der Waals surface area contributed by atoms with Crippen LogP contribution in [0, 0.1) is 12.7 Å². The quantitative estimate of drug-likeness (QED) is 0.621. The van der Waals surface area contributed by atoms with Crippen LogP contribution in [-0.4, -0.2) is 22.4 Å². The molecule has 0 atom stereocenters. The second-order valence-electron chi connectivity index (χ2n) is 6.17. The Morgan fingerprint density at radius 3 is 2.56 bits per heavy atom. The summed E-state index contributed by atoms with van der Waals surface area (Å²) in [6.45, 7) is 2.31. The Kier molecular flexibility index (Phi) is 6.10. The number of nitrogens with one attached hydrogen (secondary N) is 2. The third-order valence-corrected chi connectivity index (χ3v) is 3.98. The van der Waals surface area contributed by atoms with Crippen molar-refractivity contribution in [1.82, 2.24) is 15.3 Å². The number of carbonyl (C=O) groups is 1. The van der Waals surface area contributed by atoms with Gasteiger partial charge in [0.15, 0.2) is 0 Å². The number of hydrogen-bond donors (Lipinski definition) is 2. The molecule has 6 heteroatoms. The van der Waals surface area contributed by atoms with Crippen LogP contribution in [0.5, 0.6) is 0 Å². The Balaban J connectivity index is 1.59. The molecule has 0 aliphatic carbocycles. The molecule has 27 heavy (non-hydrogen) atoms. The first kappa shape index (κ1) is 18.5. The first-order valence-corrected chi connectivity index (χ1v) is 8.81. The van der Waals surface area contributed by atoms with Gasteiger partial charge < -0.3 is 10.6 Å². The van der Waals surface area contributed by atoms with Gasteiger partial charge in [0.25, 0.3) is 5.91 Å². The molecule has 5 nitrogen and oxygen atoms in total. The number of aromatic nitrogens is 2. The summed E-state index contributed by atoms with van der Waals surface area (Å²) >= 11 is 0. The summed E-state index contributed by atoms with van der Waals surface area (Å²) in [5, 5.41) is 5.69. The Bertz CT molecular complexity index is 915. The maximum atomic E-state index is 13.8. The SMILES string of the molecule is Cc1cc(C(=O)NCCCc2ccccc2)nc(Nc2ccccc2F)n1. The molecule has 0 fully saturated rings. The standard InChI is InChI=1S/C21H21FN4O/c1-15-14-19(20(27)23-13-7-10-16-8-3-2-4-9-16)26-21(24-15)25-18-12-6-5-11-17(18)22/h2-6,8-9,11-12,14H,7,10,13H2,1H3,(H,23,27)(H,24,25,26). The fourth-order valence-electron chi connectivity index (χ4n) is 2.65. The van der Waals surface area contributed by atoms with Gasteiger partial charge in [0.2, 0.25) is 5.95 Å². The molecule has 0 saturated carbocycles. The van der Waals surface area contributed by atoms with E-state index >= 15 is 0 Å². The molecule has 0 bridgehead atoms. The highest BCUT2D eigenvalue weighted by molar-refractivity contribution is 5.92. The Morgan fingerprint density at radius 2 is 1.78 bits per heavy atom. The van der Waals surface area contributed by atoms with Crippen molar-refractivity contribution in [2.24, 2.45) is 0 Å². The number of hydrogen-bond acceptors (Lipinski definition) is 4. The molecule has 1 heterocycles. The highest BCUT2D eigenvalue weighted by Crippen LogP contribution is 2.17. The summed E-state index contributed by atoms with van der Waals surface area (Å²) in [5.41, 5.74) is 2.37. The van der Waals surface area contributed by atoms with Crippen LogP contribution in [-0.2, 0) is 6.42 Å². The summed E-state index contributed by atoms with van der Waals surface area (Å²) in [6, 6.07) is 18.0. The van der Waals surface area contributed by atoms with E-state index in [4.69, 9.17) is 0 Å². The predicted molar refractivity (Wildman–Crippen MR) is 104 cm³/mol. The Morgan fingerprint density at radius 1 is 1.04 bits per heavy atom. The second-order valence-corrected chi connectivity index (χ2v) is 6.17. The first-order valence-electron chi connectivity index (χ1n) is 8.81. The van der Waals surface area contributed by atoms with E-state index in [1.807, 2.05) is 18.2 Å². The molecule has 138 valence electrons. The van der Waals surface area contributed by atoms with Gasteiger partial charge in [-0.3, -0.25) is 4.79 Å². The maximum Gasteiger partial charge on any atom is 0.270 e. The molecule has 2 aromatic carbocycles. The van der Waals surface area contributed by atoms with Crippen LogP contribution in [0.2, 0.25) is 0 Å². The molecule has 0 radical (unpaired) electrons. The minimum absolute atomic E-state index is 0.189. The van der Waals surface area contributed by atoms with Crippen LogP contribution in [0.25, 0.3) is 0 Å². The fourth-order valence-corrected chi connectivity index (χ4v) is 2.65. The number of carbonyl (C=O) groups excluding carboxylic acids is 1. The minimum atomic E-state index is -0.408. The molecular formula is C21H21FN4O. The lowest BCUT2D eigenvalue weighted by Crippen LogP contribution is -2.26. The monoisotopic (exact) mass is 364 g/mol. The second kappa shape index (κ2) is 8.89. The molecular weight excluding hydrogens is 343 g/mol. The van der Waals surface area contributed by atoms with Gasteiger partial charge in [-0.25, -0.2) is 14.4 Å². The highest BCUT2D eigenvalue weighted by atomic mass is 19.1. The summed E-state index contributed by atoms with van der Waals surface area (Å²) in [7, 11) is 0. The molecule has 0 aliphatic heterocycles. The number of rotatable bonds is 7. The molecule has 3 rings (SSSR count). The lowest BCUT2D eigenvalue weighted by Gasteiger charge is -2.09. The average molecular weight is 364 g/mol. The van der Waals surface area contributed by atoms with Crippen molar-refractivity contribution >= 4 is 17.5 Å². The van der Waals surface area contributed by atoms with Crippen molar-refractivity contribution in [3.8, 4) is 0 Å². The fraction of sp³-hybridized carbons (Fsp3) is 0.190. The summed E-state index contributed by atoms with van der Waals surface area (Å²) in [4.78, 5) is 20.8. The molecule has 0 unspecified atom stereocenters. The van der Waals surface area contributed by atoms with Crippen molar-refractivity contribution in [3.05, 3.63) is 83.4 Å². The van der Waals surface area contributed by atoms with Gasteiger partial charge in [-0.2, -0.15) is 0 Å². The zero-order valence-electron chi connectivity index (χ0n) is 15.1. The van der Waals surface area contributed by atoms with Crippen LogP contribution in [0.1, 0.15) is 28.2 Å². The third-order valence-electron chi connectivity index (χ3n) is 3.98. The topological polar surface area (TPSA) is 66.9 Å². The van der Waals surface area contributed by atoms with E-state index in [0.29, 0.717) is 12.2 Å². The van der Waals surface area contributed by atoms with Crippen molar-refractivity contribution in [2.75, 3.05) is 11.9 Å². The van der Waals surface area contributed by atoms with Gasteiger partial charge >= 0.3 is 0 Å². The smallest absolute Gasteiger partial charge is 0.270 e. The van der Waals surface area contributed by atoms with Crippen molar-refractivity contribution in [1.29, 1.82) is 0 Å². The Labute approximate surface area is 157 Å². The van der Waals surface area contributed by atoms with Gasteiger partial charge in [-0.15, -0.1) is 0 Å². The summed E-state index contributed by atoms with van der Waals surface area (Å²) in [5.74, 6) is -0.491. The first-order chi connectivity index (χ1) is 13.1. The maximum absolute atomic E-state index is 13.8. The van der Waals surface area contributed by atoms with Crippen LogP contribution < -0.4 is 10.6 Å². The van der Waals surface area contributed by atoms with E-state index in [-0.39, 0.29) is 23.2 Å². The molecule has 0 aliphatic rings. The van der Waals surface area contributed by atoms with Gasteiger partial charge in [-0.1, -0.05) is 42.5 Å². The zero-order valence-corrected chi connectivity index (χ0v) is 15.1. The molecule has 1 aromatic heterocycles. The highest BCUT2D eigenvalue weighted by Gasteiger charge is 2.11. The number of halogens is 1. The van der Waals surface area contributed by atoms with E-state index in [1.54, 1.807) is 31.2 Å². The predicted octanol–water partition coefficient (Wildman–Crippen LogP) is 4.03. The van der Waals surface area contributed by atoms with Gasteiger partial charge in [0.05, 0.1) is 5.69 Å². The van der Waals surface area contributed by atoms with Crippen LogP contribution in [0.3, 0.4) is 0 Å².